The monoisotopic (exact) mass is 229 g/mol. The lowest BCUT2D eigenvalue weighted by atomic mass is 10.0. The van der Waals surface area contributed by atoms with Crippen LogP contribution < -0.4 is 16.4 Å². The zero-order valence-electron chi connectivity index (χ0n) is 10.5. The van der Waals surface area contributed by atoms with Crippen molar-refractivity contribution in [3.63, 3.8) is 0 Å². The Balaban J connectivity index is 3.74. The van der Waals surface area contributed by atoms with Crippen molar-refractivity contribution >= 4 is 11.8 Å². The minimum Gasteiger partial charge on any atom is -0.355 e. The fourth-order valence-electron chi connectivity index (χ4n) is 1.09. The summed E-state index contributed by atoms with van der Waals surface area (Å²) in [6.45, 7) is 7.71. The summed E-state index contributed by atoms with van der Waals surface area (Å²) in [6, 6.07) is -0.0457. The van der Waals surface area contributed by atoms with Crippen LogP contribution >= 0.6 is 0 Å². The van der Waals surface area contributed by atoms with Crippen molar-refractivity contribution in [3.05, 3.63) is 0 Å². The molecular formula is C11H23N3O2. The van der Waals surface area contributed by atoms with Crippen LogP contribution in [0.2, 0.25) is 0 Å². The zero-order chi connectivity index (χ0) is 12.7. The van der Waals surface area contributed by atoms with Crippen LogP contribution in [0.1, 0.15) is 34.1 Å². The Morgan fingerprint density at radius 1 is 1.19 bits per heavy atom. The predicted octanol–water partition coefficient (Wildman–Crippen LogP) is 0.000600. The second-order valence-corrected chi connectivity index (χ2v) is 4.41. The molecule has 2 unspecified atom stereocenters. The molecule has 0 aliphatic carbocycles. The van der Waals surface area contributed by atoms with Crippen LogP contribution in [0.3, 0.4) is 0 Å². The number of hydrogen-bond acceptors (Lipinski definition) is 3. The van der Waals surface area contributed by atoms with Gasteiger partial charge in [0, 0.05) is 31.0 Å². The van der Waals surface area contributed by atoms with E-state index in [1.807, 2.05) is 13.8 Å². The smallest absolute Gasteiger partial charge is 0.224 e. The molecule has 0 aromatic rings. The van der Waals surface area contributed by atoms with E-state index in [-0.39, 0.29) is 29.8 Å². The third-order valence-electron chi connectivity index (χ3n) is 2.30. The Labute approximate surface area is 97.2 Å². The first-order valence-electron chi connectivity index (χ1n) is 5.67. The fourth-order valence-corrected chi connectivity index (χ4v) is 1.09. The van der Waals surface area contributed by atoms with Crippen molar-refractivity contribution in [2.45, 2.75) is 46.2 Å². The number of carbonyl (C=O) groups is 2. The van der Waals surface area contributed by atoms with Gasteiger partial charge in [-0.25, -0.2) is 0 Å². The topological polar surface area (TPSA) is 84.2 Å². The summed E-state index contributed by atoms with van der Waals surface area (Å²) < 4.78 is 0. The lowest BCUT2D eigenvalue weighted by Crippen LogP contribution is -2.40. The zero-order valence-corrected chi connectivity index (χ0v) is 10.5. The Morgan fingerprint density at radius 3 is 2.19 bits per heavy atom. The van der Waals surface area contributed by atoms with Gasteiger partial charge in [0.15, 0.2) is 0 Å². The van der Waals surface area contributed by atoms with Crippen molar-refractivity contribution in [3.8, 4) is 0 Å². The minimum atomic E-state index is -0.229. The van der Waals surface area contributed by atoms with E-state index in [0.717, 1.165) is 0 Å². The Kier molecular flexibility index (Phi) is 6.72. The van der Waals surface area contributed by atoms with Gasteiger partial charge in [-0.2, -0.15) is 0 Å². The molecule has 0 fully saturated rings. The molecule has 0 rings (SSSR count). The third kappa shape index (κ3) is 6.40. The van der Waals surface area contributed by atoms with Gasteiger partial charge in [0.1, 0.15) is 0 Å². The number of rotatable bonds is 6. The molecule has 0 spiro atoms. The first kappa shape index (κ1) is 14.9. The van der Waals surface area contributed by atoms with Crippen LogP contribution in [-0.2, 0) is 9.59 Å². The van der Waals surface area contributed by atoms with Crippen molar-refractivity contribution in [1.29, 1.82) is 0 Å². The van der Waals surface area contributed by atoms with E-state index in [4.69, 9.17) is 5.73 Å². The van der Waals surface area contributed by atoms with E-state index in [9.17, 15) is 9.59 Å². The van der Waals surface area contributed by atoms with Crippen molar-refractivity contribution in [2.24, 2.45) is 11.7 Å². The molecule has 4 N–H and O–H groups in total. The molecule has 2 atom stereocenters. The molecule has 0 bridgehead atoms. The fraction of sp³-hybridized carbons (Fsp3) is 0.818. The second kappa shape index (κ2) is 7.22. The summed E-state index contributed by atoms with van der Waals surface area (Å²) in [5.74, 6) is -0.385. The van der Waals surface area contributed by atoms with Gasteiger partial charge in [0.25, 0.3) is 0 Å². The number of nitrogens with one attached hydrogen (secondary N) is 2. The minimum absolute atomic E-state index is 0.0521. The van der Waals surface area contributed by atoms with Crippen molar-refractivity contribution < 1.29 is 9.59 Å². The highest BCUT2D eigenvalue weighted by atomic mass is 16.2. The highest BCUT2D eigenvalue weighted by molar-refractivity contribution is 5.80. The maximum absolute atomic E-state index is 11.5. The molecule has 0 aliphatic heterocycles. The summed E-state index contributed by atoms with van der Waals surface area (Å²) in [5, 5.41) is 5.44. The lowest BCUT2D eigenvalue weighted by Gasteiger charge is -2.15. The average molecular weight is 229 g/mol. The summed E-state index contributed by atoms with van der Waals surface area (Å²) in [4.78, 5) is 22.7. The molecule has 0 heterocycles. The number of amides is 2. The lowest BCUT2D eigenvalue weighted by molar-refractivity contribution is -0.125. The molecular weight excluding hydrogens is 206 g/mol. The Hall–Kier alpha value is -1.10. The van der Waals surface area contributed by atoms with Gasteiger partial charge in [0.2, 0.25) is 11.8 Å². The maximum Gasteiger partial charge on any atom is 0.224 e. The van der Waals surface area contributed by atoms with Crippen LogP contribution in [-0.4, -0.2) is 30.4 Å². The molecule has 0 saturated carbocycles. The van der Waals surface area contributed by atoms with E-state index in [1.165, 1.54) is 0 Å². The molecule has 5 nitrogen and oxygen atoms in total. The molecule has 2 amide bonds. The predicted molar refractivity (Wildman–Crippen MR) is 63.7 cm³/mol. The standard InChI is InChI=1S/C11H23N3O2/c1-7(2)14-10(15)5-6-13-11(16)8(3)9(4)12/h7-9H,5-6,12H2,1-4H3,(H,13,16)(H,14,15). The summed E-state index contributed by atoms with van der Waals surface area (Å²) >= 11 is 0. The van der Waals surface area contributed by atoms with Crippen LogP contribution in [0.25, 0.3) is 0 Å². The van der Waals surface area contributed by atoms with Crippen LogP contribution in [0.15, 0.2) is 0 Å². The van der Waals surface area contributed by atoms with Gasteiger partial charge < -0.3 is 16.4 Å². The normalized spacial score (nSPS) is 14.4. The number of nitrogens with two attached hydrogens (primary N) is 1. The van der Waals surface area contributed by atoms with Crippen molar-refractivity contribution in [2.75, 3.05) is 6.54 Å². The molecule has 94 valence electrons. The van der Waals surface area contributed by atoms with Crippen molar-refractivity contribution in [1.82, 2.24) is 10.6 Å². The largest absolute Gasteiger partial charge is 0.355 e. The molecule has 0 radical (unpaired) electrons. The van der Waals surface area contributed by atoms with E-state index in [2.05, 4.69) is 10.6 Å². The molecule has 0 saturated heterocycles. The summed E-state index contributed by atoms with van der Waals surface area (Å²) in [5.41, 5.74) is 5.59. The number of hydrogen-bond donors (Lipinski definition) is 3. The van der Waals surface area contributed by atoms with E-state index in [1.54, 1.807) is 13.8 Å². The van der Waals surface area contributed by atoms with Gasteiger partial charge in [-0.3, -0.25) is 9.59 Å². The molecule has 5 heteroatoms. The maximum atomic E-state index is 11.5. The Bertz CT molecular complexity index is 239. The SMILES string of the molecule is CC(C)NC(=O)CCNC(=O)C(C)C(C)N. The van der Waals surface area contributed by atoms with Gasteiger partial charge in [0.05, 0.1) is 0 Å². The molecule has 0 aromatic carbocycles. The number of carbonyl (C=O) groups excluding carboxylic acids is 2. The van der Waals surface area contributed by atoms with Crippen LogP contribution in [0.4, 0.5) is 0 Å². The van der Waals surface area contributed by atoms with E-state index < -0.39 is 0 Å². The first-order valence-corrected chi connectivity index (χ1v) is 5.67. The molecule has 0 aromatic heterocycles. The quantitative estimate of drug-likeness (QED) is 0.599. The average Bonchev–Trinajstić information content (AvgIpc) is 2.14. The third-order valence-corrected chi connectivity index (χ3v) is 2.30. The Morgan fingerprint density at radius 2 is 1.75 bits per heavy atom. The molecule has 16 heavy (non-hydrogen) atoms. The highest BCUT2D eigenvalue weighted by Crippen LogP contribution is 1.98. The van der Waals surface area contributed by atoms with Crippen LogP contribution in [0, 0.1) is 5.92 Å². The molecule has 0 aliphatic rings. The van der Waals surface area contributed by atoms with E-state index >= 15 is 0 Å². The summed E-state index contributed by atoms with van der Waals surface area (Å²) in [7, 11) is 0. The second-order valence-electron chi connectivity index (χ2n) is 4.41. The van der Waals surface area contributed by atoms with E-state index in [0.29, 0.717) is 13.0 Å². The highest BCUT2D eigenvalue weighted by Gasteiger charge is 2.16. The summed E-state index contributed by atoms with van der Waals surface area (Å²) in [6.07, 6.45) is 0.301. The van der Waals surface area contributed by atoms with Gasteiger partial charge in [-0.15, -0.1) is 0 Å². The van der Waals surface area contributed by atoms with Gasteiger partial charge in [-0.05, 0) is 20.8 Å². The first-order chi connectivity index (χ1) is 7.34. The van der Waals surface area contributed by atoms with Gasteiger partial charge >= 0.3 is 0 Å². The van der Waals surface area contributed by atoms with Crippen LogP contribution in [0.5, 0.6) is 0 Å². The van der Waals surface area contributed by atoms with Gasteiger partial charge in [-0.1, -0.05) is 6.92 Å².